The average molecular weight is 430 g/mol. The summed E-state index contributed by atoms with van der Waals surface area (Å²) in [6, 6.07) is 17.5. The first-order valence-corrected chi connectivity index (χ1v) is 11.0. The summed E-state index contributed by atoms with van der Waals surface area (Å²) in [6.07, 6.45) is -0.347. The molecule has 3 aromatic rings. The Kier molecular flexibility index (Phi) is 6.74. The number of para-hydroxylation sites is 1. The van der Waals surface area contributed by atoms with E-state index in [9.17, 15) is 12.8 Å². The maximum absolute atomic E-state index is 13.0. The van der Waals surface area contributed by atoms with Gasteiger partial charge in [0.1, 0.15) is 29.2 Å². The number of hydrogen-bond donors (Lipinski definition) is 1. The Balaban J connectivity index is 1.60. The number of aryl methyl sites for hydroxylation is 2. The molecule has 0 aliphatic carbocycles. The van der Waals surface area contributed by atoms with Gasteiger partial charge in [0.15, 0.2) is 0 Å². The molecule has 3 rings (SSSR count). The van der Waals surface area contributed by atoms with E-state index in [4.69, 9.17) is 9.47 Å². The van der Waals surface area contributed by atoms with Gasteiger partial charge < -0.3 is 9.47 Å². The minimum Gasteiger partial charge on any atom is -0.489 e. The molecule has 0 amide bonds. The minimum atomic E-state index is -3.70. The monoisotopic (exact) mass is 429 g/mol. The van der Waals surface area contributed by atoms with Gasteiger partial charge in [-0.25, -0.2) is 17.5 Å². The van der Waals surface area contributed by atoms with Crippen molar-refractivity contribution in [3.8, 4) is 17.2 Å². The Bertz CT molecular complexity index is 1080. The molecule has 0 aromatic heterocycles. The van der Waals surface area contributed by atoms with Crippen LogP contribution in [0.2, 0.25) is 0 Å². The molecule has 0 bridgehead atoms. The van der Waals surface area contributed by atoms with Gasteiger partial charge in [-0.2, -0.15) is 0 Å². The minimum absolute atomic E-state index is 0.119. The summed E-state index contributed by atoms with van der Waals surface area (Å²) in [5.41, 5.74) is 2.00. The topological polar surface area (TPSA) is 64.6 Å². The highest BCUT2D eigenvalue weighted by atomic mass is 32.2. The molecule has 30 heavy (non-hydrogen) atoms. The van der Waals surface area contributed by atoms with Crippen LogP contribution in [0.4, 0.5) is 4.39 Å². The quantitative estimate of drug-likeness (QED) is 0.548. The van der Waals surface area contributed by atoms with E-state index in [2.05, 4.69) is 4.72 Å². The summed E-state index contributed by atoms with van der Waals surface area (Å²) in [5.74, 6) is 1.33. The largest absolute Gasteiger partial charge is 0.489 e. The van der Waals surface area contributed by atoms with Gasteiger partial charge in [0.2, 0.25) is 10.0 Å². The molecule has 0 saturated heterocycles. The Morgan fingerprint density at radius 3 is 2.00 bits per heavy atom. The first-order chi connectivity index (χ1) is 14.2. The van der Waals surface area contributed by atoms with Gasteiger partial charge in [-0.15, -0.1) is 0 Å². The van der Waals surface area contributed by atoms with E-state index in [1.807, 2.05) is 39.0 Å². The fourth-order valence-corrected chi connectivity index (χ4v) is 3.98. The normalized spacial score (nSPS) is 12.4. The van der Waals surface area contributed by atoms with Gasteiger partial charge in [0.05, 0.1) is 4.90 Å². The Morgan fingerprint density at radius 1 is 0.900 bits per heavy atom. The first-order valence-electron chi connectivity index (χ1n) is 9.50. The van der Waals surface area contributed by atoms with Gasteiger partial charge in [0, 0.05) is 6.54 Å². The molecule has 0 heterocycles. The molecule has 158 valence electrons. The van der Waals surface area contributed by atoms with E-state index in [1.54, 1.807) is 12.1 Å². The average Bonchev–Trinajstić information content (AvgIpc) is 2.72. The van der Waals surface area contributed by atoms with E-state index in [-0.39, 0.29) is 23.4 Å². The lowest BCUT2D eigenvalue weighted by molar-refractivity contribution is 0.222. The standard InChI is InChI=1S/C23H24FNO4S/c1-16-5-4-6-17(2)23(16)28-18(3)15-25-30(26,27)22-13-11-21(12-14-22)29-20-9-7-19(24)8-10-20/h4-14,18,25H,15H2,1-3H3. The third-order valence-electron chi connectivity index (χ3n) is 4.47. The summed E-state index contributed by atoms with van der Waals surface area (Å²) in [7, 11) is -3.70. The van der Waals surface area contributed by atoms with Crippen LogP contribution >= 0.6 is 0 Å². The second-order valence-corrected chi connectivity index (χ2v) is 8.80. The van der Waals surface area contributed by atoms with Crippen molar-refractivity contribution in [1.29, 1.82) is 0 Å². The van der Waals surface area contributed by atoms with Gasteiger partial charge in [0.25, 0.3) is 0 Å². The van der Waals surface area contributed by atoms with Crippen LogP contribution < -0.4 is 14.2 Å². The van der Waals surface area contributed by atoms with E-state index in [0.29, 0.717) is 11.5 Å². The number of rotatable bonds is 8. The molecule has 7 heteroatoms. The lowest BCUT2D eigenvalue weighted by Crippen LogP contribution is -2.33. The predicted octanol–water partition coefficient (Wildman–Crippen LogP) is 4.98. The van der Waals surface area contributed by atoms with Crippen LogP contribution in [0.25, 0.3) is 0 Å². The second kappa shape index (κ2) is 9.28. The smallest absolute Gasteiger partial charge is 0.240 e. The molecule has 5 nitrogen and oxygen atoms in total. The lowest BCUT2D eigenvalue weighted by Gasteiger charge is -2.19. The third kappa shape index (κ3) is 5.58. The Hall–Kier alpha value is -2.90. The zero-order valence-electron chi connectivity index (χ0n) is 17.1. The van der Waals surface area contributed by atoms with Crippen molar-refractivity contribution in [2.75, 3.05) is 6.54 Å². The van der Waals surface area contributed by atoms with Crippen LogP contribution in [0, 0.1) is 19.7 Å². The number of nitrogens with one attached hydrogen (secondary N) is 1. The van der Waals surface area contributed by atoms with Crippen LogP contribution in [0.1, 0.15) is 18.1 Å². The maximum Gasteiger partial charge on any atom is 0.240 e. The van der Waals surface area contributed by atoms with E-state index in [1.165, 1.54) is 36.4 Å². The molecule has 0 aliphatic heterocycles. The van der Waals surface area contributed by atoms with Gasteiger partial charge in [-0.05, 0) is 80.4 Å². The number of ether oxygens (including phenoxy) is 2. The predicted molar refractivity (Wildman–Crippen MR) is 114 cm³/mol. The van der Waals surface area contributed by atoms with Gasteiger partial charge in [-0.3, -0.25) is 0 Å². The summed E-state index contributed by atoms with van der Waals surface area (Å²) >= 11 is 0. The van der Waals surface area contributed by atoms with Gasteiger partial charge >= 0.3 is 0 Å². The summed E-state index contributed by atoms with van der Waals surface area (Å²) in [5, 5.41) is 0. The highest BCUT2D eigenvalue weighted by molar-refractivity contribution is 7.89. The summed E-state index contributed by atoms with van der Waals surface area (Å²) in [6.45, 7) is 5.85. The summed E-state index contributed by atoms with van der Waals surface area (Å²) < 4.78 is 52.2. The SMILES string of the molecule is Cc1cccc(C)c1OC(C)CNS(=O)(=O)c1ccc(Oc2ccc(F)cc2)cc1. The Labute approximate surface area is 176 Å². The van der Waals surface area contributed by atoms with Crippen LogP contribution in [0.5, 0.6) is 17.2 Å². The molecule has 0 spiro atoms. The van der Waals surface area contributed by atoms with Crippen LogP contribution in [0.15, 0.2) is 71.6 Å². The molecule has 1 unspecified atom stereocenters. The third-order valence-corrected chi connectivity index (χ3v) is 5.91. The summed E-state index contributed by atoms with van der Waals surface area (Å²) in [4.78, 5) is 0.119. The van der Waals surface area contributed by atoms with Crippen molar-refractivity contribution >= 4 is 10.0 Å². The molecular formula is C23H24FNO4S. The van der Waals surface area contributed by atoms with Crippen molar-refractivity contribution in [3.63, 3.8) is 0 Å². The van der Waals surface area contributed by atoms with Crippen molar-refractivity contribution in [3.05, 3.63) is 83.7 Å². The fourth-order valence-electron chi connectivity index (χ4n) is 2.86. The zero-order valence-corrected chi connectivity index (χ0v) is 17.9. The van der Waals surface area contributed by atoms with Crippen LogP contribution in [-0.4, -0.2) is 21.1 Å². The number of hydrogen-bond acceptors (Lipinski definition) is 4. The lowest BCUT2D eigenvalue weighted by atomic mass is 10.1. The van der Waals surface area contributed by atoms with Crippen molar-refractivity contribution in [2.45, 2.75) is 31.8 Å². The van der Waals surface area contributed by atoms with Crippen LogP contribution in [-0.2, 0) is 10.0 Å². The van der Waals surface area contributed by atoms with E-state index in [0.717, 1.165) is 16.9 Å². The Morgan fingerprint density at radius 2 is 1.43 bits per heavy atom. The molecule has 0 fully saturated rings. The van der Waals surface area contributed by atoms with Crippen molar-refractivity contribution in [2.24, 2.45) is 0 Å². The highest BCUT2D eigenvalue weighted by Gasteiger charge is 2.17. The molecule has 0 aliphatic rings. The highest BCUT2D eigenvalue weighted by Crippen LogP contribution is 2.24. The number of benzene rings is 3. The van der Waals surface area contributed by atoms with Crippen LogP contribution in [0.3, 0.4) is 0 Å². The molecule has 1 atom stereocenters. The zero-order chi connectivity index (χ0) is 21.7. The first kappa shape index (κ1) is 21.8. The number of sulfonamides is 1. The van der Waals surface area contributed by atoms with Crippen molar-refractivity contribution < 1.29 is 22.3 Å². The maximum atomic E-state index is 13.0. The molecule has 3 aromatic carbocycles. The molecular weight excluding hydrogens is 405 g/mol. The molecule has 0 radical (unpaired) electrons. The van der Waals surface area contributed by atoms with E-state index >= 15 is 0 Å². The van der Waals surface area contributed by atoms with Gasteiger partial charge in [-0.1, -0.05) is 18.2 Å². The molecule has 1 N–H and O–H groups in total. The van der Waals surface area contributed by atoms with Crippen molar-refractivity contribution in [1.82, 2.24) is 4.72 Å². The second-order valence-electron chi connectivity index (χ2n) is 7.03. The molecule has 0 saturated carbocycles. The fraction of sp³-hybridized carbons (Fsp3) is 0.217. The van der Waals surface area contributed by atoms with E-state index < -0.39 is 10.0 Å². The number of halogens is 1.